The van der Waals surface area contributed by atoms with Crippen LogP contribution in [0.2, 0.25) is 0 Å². The Morgan fingerprint density at radius 1 is 0.920 bits per heavy atom. The zero-order valence-electron chi connectivity index (χ0n) is 13.6. The van der Waals surface area contributed by atoms with Crippen LogP contribution in [0.5, 0.6) is 5.75 Å². The van der Waals surface area contributed by atoms with E-state index in [4.69, 9.17) is 4.74 Å². The molecule has 2 aromatic carbocycles. The number of nitrogens with one attached hydrogen (secondary N) is 2. The Labute approximate surface area is 145 Å². The van der Waals surface area contributed by atoms with Crippen LogP contribution in [0.1, 0.15) is 11.1 Å². The standard InChI is InChI=1S/C20H18N4O/c1-2-4-16(5-3-1)13-25-18-8-6-15(7-9-18)11-21-17-10-19-20(22-12-17)24-14-23-19/h1-10,12,14,21H,11,13H2,(H,22,23,24). The molecule has 5 nitrogen and oxygen atoms in total. The van der Waals surface area contributed by atoms with E-state index >= 15 is 0 Å². The predicted molar refractivity (Wildman–Crippen MR) is 98.4 cm³/mol. The molecule has 0 amide bonds. The maximum Gasteiger partial charge on any atom is 0.157 e. The summed E-state index contributed by atoms with van der Waals surface area (Å²) < 4.78 is 5.81. The molecular formula is C20H18N4O. The third-order valence-corrected chi connectivity index (χ3v) is 3.94. The summed E-state index contributed by atoms with van der Waals surface area (Å²) in [5, 5.41) is 3.36. The lowest BCUT2D eigenvalue weighted by molar-refractivity contribution is 0.306. The molecule has 0 spiro atoms. The molecule has 0 saturated carbocycles. The van der Waals surface area contributed by atoms with E-state index in [1.807, 2.05) is 36.4 Å². The highest BCUT2D eigenvalue weighted by Gasteiger charge is 2.01. The summed E-state index contributed by atoms with van der Waals surface area (Å²) in [4.78, 5) is 11.5. The topological polar surface area (TPSA) is 62.8 Å². The molecule has 0 radical (unpaired) electrons. The fraction of sp³-hybridized carbons (Fsp3) is 0.100. The maximum atomic E-state index is 5.81. The highest BCUT2D eigenvalue weighted by atomic mass is 16.5. The van der Waals surface area contributed by atoms with Crippen molar-refractivity contribution in [3.63, 3.8) is 0 Å². The predicted octanol–water partition coefficient (Wildman–Crippen LogP) is 4.15. The van der Waals surface area contributed by atoms with Gasteiger partial charge in [0.05, 0.1) is 18.2 Å². The van der Waals surface area contributed by atoms with Gasteiger partial charge in [-0.3, -0.25) is 0 Å². The first-order valence-corrected chi connectivity index (χ1v) is 8.15. The average Bonchev–Trinajstić information content (AvgIpc) is 3.14. The minimum Gasteiger partial charge on any atom is -0.489 e. The van der Waals surface area contributed by atoms with Crippen LogP contribution >= 0.6 is 0 Å². The van der Waals surface area contributed by atoms with Gasteiger partial charge >= 0.3 is 0 Å². The highest BCUT2D eigenvalue weighted by molar-refractivity contribution is 5.73. The van der Waals surface area contributed by atoms with Crippen LogP contribution in [0.4, 0.5) is 5.69 Å². The number of pyridine rings is 1. The fourth-order valence-electron chi connectivity index (χ4n) is 2.57. The quantitative estimate of drug-likeness (QED) is 0.557. The largest absolute Gasteiger partial charge is 0.489 e. The van der Waals surface area contributed by atoms with Crippen LogP contribution in [0, 0.1) is 0 Å². The smallest absolute Gasteiger partial charge is 0.157 e. The molecule has 0 saturated heterocycles. The Balaban J connectivity index is 1.33. The highest BCUT2D eigenvalue weighted by Crippen LogP contribution is 2.17. The molecule has 0 fully saturated rings. The van der Waals surface area contributed by atoms with E-state index in [1.54, 1.807) is 12.5 Å². The van der Waals surface area contributed by atoms with Crippen LogP contribution in [0.3, 0.4) is 0 Å². The first kappa shape index (κ1) is 15.2. The Bertz CT molecular complexity index is 948. The summed E-state index contributed by atoms with van der Waals surface area (Å²) in [6.45, 7) is 1.30. The lowest BCUT2D eigenvalue weighted by atomic mass is 10.2. The van der Waals surface area contributed by atoms with Gasteiger partial charge in [0.15, 0.2) is 5.65 Å². The number of imidazole rings is 1. The number of fused-ring (bicyclic) bond motifs is 1. The van der Waals surface area contributed by atoms with Crippen LogP contribution in [0.15, 0.2) is 73.2 Å². The molecule has 5 heteroatoms. The number of nitrogens with zero attached hydrogens (tertiary/aromatic N) is 2. The van der Waals surface area contributed by atoms with Gasteiger partial charge in [-0.15, -0.1) is 0 Å². The normalized spacial score (nSPS) is 10.7. The molecule has 0 unspecified atom stereocenters. The number of hydrogen-bond donors (Lipinski definition) is 2. The van der Waals surface area contributed by atoms with Gasteiger partial charge in [-0.05, 0) is 29.3 Å². The Hall–Kier alpha value is -3.34. The number of anilines is 1. The SMILES string of the molecule is c1ccc(COc2ccc(CNc3cnc4[nH]cnc4c3)cc2)cc1. The van der Waals surface area contributed by atoms with Gasteiger partial charge in [0.25, 0.3) is 0 Å². The second kappa shape index (κ2) is 7.05. The molecule has 2 heterocycles. The monoisotopic (exact) mass is 330 g/mol. The Morgan fingerprint density at radius 3 is 2.60 bits per heavy atom. The zero-order chi connectivity index (χ0) is 16.9. The fourth-order valence-corrected chi connectivity index (χ4v) is 2.57. The van der Waals surface area contributed by atoms with Gasteiger partial charge in [0.1, 0.15) is 17.9 Å². The minimum absolute atomic E-state index is 0.577. The van der Waals surface area contributed by atoms with E-state index in [-0.39, 0.29) is 0 Å². The molecule has 0 atom stereocenters. The molecule has 2 aromatic heterocycles. The van der Waals surface area contributed by atoms with Crippen molar-refractivity contribution in [3.8, 4) is 5.75 Å². The molecule has 0 aliphatic rings. The van der Waals surface area contributed by atoms with Crippen LogP contribution in [0.25, 0.3) is 11.2 Å². The maximum absolute atomic E-state index is 5.81. The molecule has 0 aliphatic carbocycles. The minimum atomic E-state index is 0.577. The van der Waals surface area contributed by atoms with Gasteiger partial charge < -0.3 is 15.0 Å². The van der Waals surface area contributed by atoms with Gasteiger partial charge in [-0.2, -0.15) is 0 Å². The van der Waals surface area contributed by atoms with Gasteiger partial charge in [-0.25, -0.2) is 9.97 Å². The van der Waals surface area contributed by atoms with Crippen molar-refractivity contribution in [2.45, 2.75) is 13.2 Å². The van der Waals surface area contributed by atoms with Crippen LogP contribution in [-0.2, 0) is 13.2 Å². The number of H-pyrrole nitrogens is 1. The Kier molecular flexibility index (Phi) is 4.29. The molecule has 0 aliphatic heterocycles. The molecule has 4 aromatic rings. The first-order chi connectivity index (χ1) is 12.4. The second-order valence-electron chi connectivity index (χ2n) is 5.77. The van der Waals surface area contributed by atoms with E-state index in [2.05, 4.69) is 44.5 Å². The van der Waals surface area contributed by atoms with Crippen molar-refractivity contribution in [3.05, 3.63) is 84.3 Å². The van der Waals surface area contributed by atoms with Crippen molar-refractivity contribution in [1.29, 1.82) is 0 Å². The average molecular weight is 330 g/mol. The zero-order valence-corrected chi connectivity index (χ0v) is 13.6. The van der Waals surface area contributed by atoms with Gasteiger partial charge in [0.2, 0.25) is 0 Å². The van der Waals surface area contributed by atoms with Gasteiger partial charge in [0, 0.05) is 6.54 Å². The summed E-state index contributed by atoms with van der Waals surface area (Å²) in [6, 6.07) is 20.3. The van der Waals surface area contributed by atoms with Crippen molar-refractivity contribution in [2.24, 2.45) is 0 Å². The summed E-state index contributed by atoms with van der Waals surface area (Å²) in [5.41, 5.74) is 4.94. The summed E-state index contributed by atoms with van der Waals surface area (Å²) in [5.74, 6) is 0.868. The van der Waals surface area contributed by atoms with Gasteiger partial charge in [-0.1, -0.05) is 42.5 Å². The molecule has 0 bridgehead atoms. The molecular weight excluding hydrogens is 312 g/mol. The van der Waals surface area contributed by atoms with Crippen LogP contribution in [-0.4, -0.2) is 15.0 Å². The molecule has 124 valence electrons. The van der Waals surface area contributed by atoms with E-state index in [1.165, 1.54) is 5.56 Å². The molecule has 25 heavy (non-hydrogen) atoms. The number of hydrogen-bond acceptors (Lipinski definition) is 4. The van der Waals surface area contributed by atoms with Crippen molar-refractivity contribution < 1.29 is 4.74 Å². The van der Waals surface area contributed by atoms with Crippen molar-refractivity contribution >= 4 is 16.9 Å². The molecule has 2 N–H and O–H groups in total. The third-order valence-electron chi connectivity index (χ3n) is 3.94. The third kappa shape index (κ3) is 3.77. The van der Waals surface area contributed by atoms with Crippen molar-refractivity contribution in [2.75, 3.05) is 5.32 Å². The summed E-state index contributed by atoms with van der Waals surface area (Å²) in [6.07, 6.45) is 3.45. The number of aromatic amines is 1. The lowest BCUT2D eigenvalue weighted by Crippen LogP contribution is -2.00. The van der Waals surface area contributed by atoms with Crippen LogP contribution < -0.4 is 10.1 Å². The van der Waals surface area contributed by atoms with E-state index < -0.39 is 0 Å². The first-order valence-electron chi connectivity index (χ1n) is 8.15. The summed E-state index contributed by atoms with van der Waals surface area (Å²) >= 11 is 0. The Morgan fingerprint density at radius 2 is 1.76 bits per heavy atom. The number of ether oxygens (including phenoxy) is 1. The lowest BCUT2D eigenvalue weighted by Gasteiger charge is -2.09. The second-order valence-corrected chi connectivity index (χ2v) is 5.77. The van der Waals surface area contributed by atoms with E-state index in [0.717, 1.165) is 34.7 Å². The molecule has 4 rings (SSSR count). The van der Waals surface area contributed by atoms with E-state index in [9.17, 15) is 0 Å². The number of benzene rings is 2. The number of aromatic nitrogens is 3. The van der Waals surface area contributed by atoms with Crippen molar-refractivity contribution in [1.82, 2.24) is 15.0 Å². The summed E-state index contributed by atoms with van der Waals surface area (Å²) in [7, 11) is 0. The van der Waals surface area contributed by atoms with E-state index in [0.29, 0.717) is 6.61 Å². The number of rotatable bonds is 6.